The Bertz CT molecular complexity index is 393. The molecule has 0 aliphatic heterocycles. The van der Waals surface area contributed by atoms with Crippen molar-refractivity contribution in [3.05, 3.63) is 28.2 Å². The monoisotopic (exact) mass is 299 g/mol. The van der Waals surface area contributed by atoms with Crippen LogP contribution >= 0.6 is 15.9 Å². The van der Waals surface area contributed by atoms with Gasteiger partial charge in [-0.1, -0.05) is 28.9 Å². The van der Waals surface area contributed by atoms with Gasteiger partial charge in [0.2, 0.25) is 0 Å². The van der Waals surface area contributed by atoms with E-state index >= 15 is 0 Å². The van der Waals surface area contributed by atoms with Gasteiger partial charge in [0.15, 0.2) is 0 Å². The van der Waals surface area contributed by atoms with Crippen LogP contribution in [0, 0.1) is 12.8 Å². The summed E-state index contributed by atoms with van der Waals surface area (Å²) >= 11 is 3.43. The summed E-state index contributed by atoms with van der Waals surface area (Å²) in [6.45, 7) is 4.62. The molecule has 4 heteroatoms. The maximum Gasteiger partial charge on any atom is 0.310 e. The average molecular weight is 300 g/mol. The second-order valence-electron chi connectivity index (χ2n) is 3.97. The second-order valence-corrected chi connectivity index (χ2v) is 4.88. The number of aryl methyl sites for hydroxylation is 1. The van der Waals surface area contributed by atoms with Crippen molar-refractivity contribution in [3.63, 3.8) is 0 Å². The molecule has 1 aromatic rings. The SMILES string of the molecule is CCC(CNc1cc(Br)ccc1C)C(=O)OC. The molecule has 0 bridgehead atoms. The van der Waals surface area contributed by atoms with Crippen LogP contribution in [-0.4, -0.2) is 19.6 Å². The molecule has 1 N–H and O–H groups in total. The lowest BCUT2D eigenvalue weighted by Crippen LogP contribution is -2.23. The summed E-state index contributed by atoms with van der Waals surface area (Å²) in [7, 11) is 1.43. The maximum absolute atomic E-state index is 11.4. The molecule has 0 aliphatic carbocycles. The number of carbonyl (C=O) groups is 1. The van der Waals surface area contributed by atoms with Gasteiger partial charge in [-0.3, -0.25) is 4.79 Å². The quantitative estimate of drug-likeness (QED) is 0.847. The van der Waals surface area contributed by atoms with Gasteiger partial charge in [-0.25, -0.2) is 0 Å². The highest BCUT2D eigenvalue weighted by Crippen LogP contribution is 2.21. The lowest BCUT2D eigenvalue weighted by Gasteiger charge is -2.15. The predicted octanol–water partition coefficient (Wildman–Crippen LogP) is 3.37. The van der Waals surface area contributed by atoms with Gasteiger partial charge in [-0.05, 0) is 31.0 Å². The number of rotatable bonds is 5. The van der Waals surface area contributed by atoms with E-state index in [9.17, 15) is 4.79 Å². The van der Waals surface area contributed by atoms with Crippen molar-refractivity contribution in [1.29, 1.82) is 0 Å². The molecule has 0 spiro atoms. The van der Waals surface area contributed by atoms with Crippen LogP contribution in [-0.2, 0) is 9.53 Å². The minimum absolute atomic E-state index is 0.0987. The number of ether oxygens (including phenoxy) is 1. The Morgan fingerprint density at radius 3 is 2.82 bits per heavy atom. The first-order valence-electron chi connectivity index (χ1n) is 5.66. The molecule has 1 atom stereocenters. The standard InChI is InChI=1S/C13H18BrNO2/c1-4-10(13(16)17-3)8-15-12-7-11(14)6-5-9(12)2/h5-7,10,15H,4,8H2,1-3H3. The smallest absolute Gasteiger partial charge is 0.310 e. The third-order valence-corrected chi connectivity index (χ3v) is 3.26. The van der Waals surface area contributed by atoms with Crippen LogP contribution < -0.4 is 5.32 Å². The highest BCUT2D eigenvalue weighted by atomic mass is 79.9. The van der Waals surface area contributed by atoms with Crippen LogP contribution in [0.3, 0.4) is 0 Å². The molecule has 0 heterocycles. The summed E-state index contributed by atoms with van der Waals surface area (Å²) in [6, 6.07) is 6.04. The molecule has 0 amide bonds. The summed E-state index contributed by atoms with van der Waals surface area (Å²) in [5.74, 6) is -0.258. The Morgan fingerprint density at radius 1 is 1.53 bits per heavy atom. The molecule has 17 heavy (non-hydrogen) atoms. The van der Waals surface area contributed by atoms with E-state index in [1.807, 2.05) is 32.0 Å². The van der Waals surface area contributed by atoms with Gasteiger partial charge in [0.1, 0.15) is 0 Å². The number of hydrogen-bond donors (Lipinski definition) is 1. The number of esters is 1. The van der Waals surface area contributed by atoms with E-state index in [1.165, 1.54) is 7.11 Å². The van der Waals surface area contributed by atoms with Gasteiger partial charge in [0.25, 0.3) is 0 Å². The lowest BCUT2D eigenvalue weighted by molar-refractivity contribution is -0.145. The van der Waals surface area contributed by atoms with Gasteiger partial charge >= 0.3 is 5.97 Å². The minimum atomic E-state index is -0.160. The Morgan fingerprint density at radius 2 is 2.24 bits per heavy atom. The van der Waals surface area contributed by atoms with E-state index in [1.54, 1.807) is 0 Å². The van der Waals surface area contributed by atoms with Gasteiger partial charge in [0.05, 0.1) is 13.0 Å². The van der Waals surface area contributed by atoms with Crippen LogP contribution in [0.25, 0.3) is 0 Å². The zero-order valence-corrected chi connectivity index (χ0v) is 12.0. The summed E-state index contributed by atoms with van der Waals surface area (Å²) in [5.41, 5.74) is 2.20. The molecular weight excluding hydrogens is 282 g/mol. The number of anilines is 1. The normalized spacial score (nSPS) is 12.0. The third-order valence-electron chi connectivity index (χ3n) is 2.77. The van der Waals surface area contributed by atoms with Crippen LogP contribution in [0.1, 0.15) is 18.9 Å². The second kappa shape index (κ2) is 6.64. The predicted molar refractivity (Wildman–Crippen MR) is 73.2 cm³/mol. The highest BCUT2D eigenvalue weighted by Gasteiger charge is 2.16. The fourth-order valence-electron chi connectivity index (χ4n) is 1.58. The Hall–Kier alpha value is -1.03. The number of nitrogens with one attached hydrogen (secondary N) is 1. The molecule has 94 valence electrons. The molecule has 3 nitrogen and oxygen atoms in total. The molecule has 0 aliphatic rings. The third kappa shape index (κ3) is 4.04. The van der Waals surface area contributed by atoms with Gasteiger partial charge in [0, 0.05) is 16.7 Å². The van der Waals surface area contributed by atoms with E-state index in [4.69, 9.17) is 4.74 Å². The van der Waals surface area contributed by atoms with Gasteiger partial charge < -0.3 is 10.1 Å². The summed E-state index contributed by atoms with van der Waals surface area (Å²) in [6.07, 6.45) is 0.771. The zero-order chi connectivity index (χ0) is 12.8. The molecule has 0 radical (unpaired) electrons. The van der Waals surface area contributed by atoms with Crippen molar-refractivity contribution in [3.8, 4) is 0 Å². The molecular formula is C13H18BrNO2. The first-order valence-corrected chi connectivity index (χ1v) is 6.45. The van der Waals surface area contributed by atoms with Crippen molar-refractivity contribution in [1.82, 2.24) is 0 Å². The van der Waals surface area contributed by atoms with E-state index in [0.717, 1.165) is 22.1 Å². The van der Waals surface area contributed by atoms with E-state index in [2.05, 4.69) is 21.2 Å². The Balaban J connectivity index is 2.65. The Kier molecular flexibility index (Phi) is 5.48. The zero-order valence-electron chi connectivity index (χ0n) is 10.4. The van der Waals surface area contributed by atoms with Gasteiger partial charge in [-0.15, -0.1) is 0 Å². The number of hydrogen-bond acceptors (Lipinski definition) is 3. The van der Waals surface area contributed by atoms with Crippen LogP contribution in [0.5, 0.6) is 0 Å². The average Bonchev–Trinajstić information content (AvgIpc) is 2.33. The molecule has 0 fully saturated rings. The van der Waals surface area contributed by atoms with Crippen molar-refractivity contribution < 1.29 is 9.53 Å². The molecule has 0 saturated heterocycles. The van der Waals surface area contributed by atoms with E-state index < -0.39 is 0 Å². The number of benzene rings is 1. The van der Waals surface area contributed by atoms with Crippen molar-refractivity contribution in [2.75, 3.05) is 19.0 Å². The number of halogens is 1. The fourth-order valence-corrected chi connectivity index (χ4v) is 1.94. The Labute approximate surface area is 111 Å². The van der Waals surface area contributed by atoms with Crippen molar-refractivity contribution in [2.45, 2.75) is 20.3 Å². The summed E-state index contributed by atoms with van der Waals surface area (Å²) in [5, 5.41) is 3.29. The highest BCUT2D eigenvalue weighted by molar-refractivity contribution is 9.10. The number of methoxy groups -OCH3 is 1. The van der Waals surface area contributed by atoms with Gasteiger partial charge in [-0.2, -0.15) is 0 Å². The number of carbonyl (C=O) groups excluding carboxylic acids is 1. The van der Waals surface area contributed by atoms with Crippen LogP contribution in [0.4, 0.5) is 5.69 Å². The first-order chi connectivity index (χ1) is 8.08. The molecule has 0 aromatic heterocycles. The van der Waals surface area contributed by atoms with Crippen molar-refractivity contribution in [2.24, 2.45) is 5.92 Å². The van der Waals surface area contributed by atoms with Crippen LogP contribution in [0.2, 0.25) is 0 Å². The topological polar surface area (TPSA) is 38.3 Å². The lowest BCUT2D eigenvalue weighted by atomic mass is 10.1. The summed E-state index contributed by atoms with van der Waals surface area (Å²) < 4.78 is 5.78. The fraction of sp³-hybridized carbons (Fsp3) is 0.462. The largest absolute Gasteiger partial charge is 0.469 e. The summed E-state index contributed by atoms with van der Waals surface area (Å²) in [4.78, 5) is 11.4. The van der Waals surface area contributed by atoms with E-state index in [0.29, 0.717) is 6.54 Å². The molecule has 1 rings (SSSR count). The molecule has 0 saturated carbocycles. The minimum Gasteiger partial charge on any atom is -0.469 e. The maximum atomic E-state index is 11.4. The van der Waals surface area contributed by atoms with E-state index in [-0.39, 0.29) is 11.9 Å². The van der Waals surface area contributed by atoms with Crippen LogP contribution in [0.15, 0.2) is 22.7 Å². The molecule has 1 aromatic carbocycles. The first kappa shape index (κ1) is 14.0. The molecule has 1 unspecified atom stereocenters. The van der Waals surface area contributed by atoms with Crippen molar-refractivity contribution >= 4 is 27.6 Å².